The molecule has 24 heavy (non-hydrogen) atoms. The largest absolute Gasteiger partial charge is 0.325 e. The Balaban J connectivity index is 1.49. The smallest absolute Gasteiger partial charge is 0.241 e. The summed E-state index contributed by atoms with van der Waals surface area (Å²) in [5.74, 6) is 0.0172. The Morgan fingerprint density at radius 2 is 2.08 bits per heavy atom. The van der Waals surface area contributed by atoms with E-state index >= 15 is 0 Å². The predicted octanol–water partition coefficient (Wildman–Crippen LogP) is 3.55. The maximum Gasteiger partial charge on any atom is 0.241 e. The number of rotatable bonds is 5. The van der Waals surface area contributed by atoms with Crippen molar-refractivity contribution in [2.45, 2.75) is 19.5 Å². The molecule has 4 nitrogen and oxygen atoms in total. The summed E-state index contributed by atoms with van der Waals surface area (Å²) in [5, 5.41) is 7.90. The van der Waals surface area contributed by atoms with Crippen LogP contribution in [0.25, 0.3) is 0 Å². The summed E-state index contributed by atoms with van der Waals surface area (Å²) in [6.45, 7) is 6.77. The number of hydrogen-bond acceptors (Lipinski definition) is 4. The van der Waals surface area contributed by atoms with Gasteiger partial charge in [0.25, 0.3) is 0 Å². The summed E-state index contributed by atoms with van der Waals surface area (Å²) in [4.78, 5) is 17.1. The number of halogens is 1. The highest BCUT2D eigenvalue weighted by Gasteiger charge is 2.25. The molecule has 1 unspecified atom stereocenters. The highest BCUT2D eigenvalue weighted by molar-refractivity contribution is 7.07. The van der Waals surface area contributed by atoms with E-state index < -0.39 is 0 Å². The molecule has 3 rings (SSSR count). The summed E-state index contributed by atoms with van der Waals surface area (Å²) in [6.07, 6.45) is 0. The zero-order valence-corrected chi connectivity index (χ0v) is 15.3. The molecule has 1 aliphatic rings. The van der Waals surface area contributed by atoms with Gasteiger partial charge in [0.1, 0.15) is 0 Å². The van der Waals surface area contributed by atoms with E-state index in [0.29, 0.717) is 5.02 Å². The van der Waals surface area contributed by atoms with Crippen molar-refractivity contribution in [2.75, 3.05) is 31.5 Å². The fourth-order valence-electron chi connectivity index (χ4n) is 2.93. The van der Waals surface area contributed by atoms with Crippen molar-refractivity contribution in [3.05, 3.63) is 51.7 Å². The van der Waals surface area contributed by atoms with Crippen LogP contribution in [-0.2, 0) is 11.3 Å². The van der Waals surface area contributed by atoms with Crippen LogP contribution in [0.2, 0.25) is 5.02 Å². The van der Waals surface area contributed by atoms with Crippen molar-refractivity contribution in [1.82, 2.24) is 9.80 Å². The zero-order valence-electron chi connectivity index (χ0n) is 13.7. The second kappa shape index (κ2) is 8.12. The first-order chi connectivity index (χ1) is 11.6. The lowest BCUT2D eigenvalue weighted by Crippen LogP contribution is -2.52. The summed E-state index contributed by atoms with van der Waals surface area (Å²) in [6, 6.07) is 9.30. The molecule has 2 heterocycles. The first-order valence-electron chi connectivity index (χ1n) is 8.16. The highest BCUT2D eigenvalue weighted by atomic mass is 35.5. The van der Waals surface area contributed by atoms with Gasteiger partial charge in [-0.25, -0.2) is 0 Å². The van der Waals surface area contributed by atoms with Gasteiger partial charge in [-0.2, -0.15) is 11.3 Å². The third-order valence-electron chi connectivity index (χ3n) is 4.41. The number of piperazine rings is 1. The molecule has 1 atom stereocenters. The maximum atomic E-state index is 12.5. The van der Waals surface area contributed by atoms with E-state index in [0.717, 1.165) is 38.4 Å². The van der Waals surface area contributed by atoms with Crippen molar-refractivity contribution in [3.8, 4) is 0 Å². The van der Waals surface area contributed by atoms with E-state index in [9.17, 15) is 4.79 Å². The van der Waals surface area contributed by atoms with Gasteiger partial charge >= 0.3 is 0 Å². The second-order valence-electron chi connectivity index (χ2n) is 6.12. The Kier molecular flexibility index (Phi) is 5.89. The molecule has 0 bridgehead atoms. The maximum absolute atomic E-state index is 12.5. The van der Waals surface area contributed by atoms with Crippen LogP contribution >= 0.6 is 22.9 Å². The van der Waals surface area contributed by atoms with E-state index in [1.54, 1.807) is 23.5 Å². The molecule has 0 saturated carbocycles. The lowest BCUT2D eigenvalue weighted by molar-refractivity contribution is -0.121. The number of benzene rings is 1. The Labute approximate surface area is 152 Å². The molecule has 0 radical (unpaired) electrons. The lowest BCUT2D eigenvalue weighted by atomic mass is 10.2. The van der Waals surface area contributed by atoms with Gasteiger partial charge in [-0.05, 0) is 47.5 Å². The standard InChI is InChI=1S/C18H22ClN3OS/c1-14(18(23)20-17-4-2-3-16(19)11-17)22-8-6-21(7-9-22)12-15-5-10-24-13-15/h2-5,10-11,13-14H,6-9,12H2,1H3,(H,20,23). The van der Waals surface area contributed by atoms with Gasteiger partial charge in [-0.3, -0.25) is 14.6 Å². The summed E-state index contributed by atoms with van der Waals surface area (Å²) < 4.78 is 0. The molecular formula is C18H22ClN3OS. The van der Waals surface area contributed by atoms with Gasteiger partial charge in [0.2, 0.25) is 5.91 Å². The third-order valence-corrected chi connectivity index (χ3v) is 5.38. The quantitative estimate of drug-likeness (QED) is 0.882. The topological polar surface area (TPSA) is 35.6 Å². The van der Waals surface area contributed by atoms with Crippen LogP contribution in [0, 0.1) is 0 Å². The SMILES string of the molecule is CC(C(=O)Nc1cccc(Cl)c1)N1CCN(Cc2ccsc2)CC1. The predicted molar refractivity (Wildman–Crippen MR) is 101 cm³/mol. The van der Waals surface area contributed by atoms with Gasteiger partial charge in [0.05, 0.1) is 6.04 Å². The Bertz CT molecular complexity index is 669. The van der Waals surface area contributed by atoms with Crippen molar-refractivity contribution in [2.24, 2.45) is 0 Å². The highest BCUT2D eigenvalue weighted by Crippen LogP contribution is 2.17. The van der Waals surface area contributed by atoms with Gasteiger partial charge in [-0.1, -0.05) is 17.7 Å². The number of nitrogens with one attached hydrogen (secondary N) is 1. The van der Waals surface area contributed by atoms with E-state index in [-0.39, 0.29) is 11.9 Å². The van der Waals surface area contributed by atoms with Crippen LogP contribution in [-0.4, -0.2) is 47.9 Å². The second-order valence-corrected chi connectivity index (χ2v) is 7.34. The minimum atomic E-state index is -0.146. The molecule has 6 heteroatoms. The summed E-state index contributed by atoms with van der Waals surface area (Å²) in [7, 11) is 0. The number of amides is 1. The average molecular weight is 364 g/mol. The lowest BCUT2D eigenvalue weighted by Gasteiger charge is -2.37. The average Bonchev–Trinajstić information content (AvgIpc) is 3.08. The number of thiophene rings is 1. The molecule has 1 aromatic heterocycles. The molecule has 128 valence electrons. The molecule has 1 aliphatic heterocycles. The molecule has 1 saturated heterocycles. The van der Waals surface area contributed by atoms with E-state index in [1.807, 2.05) is 19.1 Å². The molecule has 1 aromatic carbocycles. The molecule has 1 amide bonds. The summed E-state index contributed by atoms with van der Waals surface area (Å²) in [5.41, 5.74) is 2.12. The minimum Gasteiger partial charge on any atom is -0.325 e. The Morgan fingerprint density at radius 3 is 2.75 bits per heavy atom. The van der Waals surface area contributed by atoms with Gasteiger partial charge < -0.3 is 5.32 Å². The van der Waals surface area contributed by atoms with Crippen LogP contribution in [0.4, 0.5) is 5.69 Å². The van der Waals surface area contributed by atoms with Crippen LogP contribution in [0.3, 0.4) is 0 Å². The number of carbonyl (C=O) groups is 1. The van der Waals surface area contributed by atoms with Crippen LogP contribution < -0.4 is 5.32 Å². The monoisotopic (exact) mass is 363 g/mol. The number of nitrogens with zero attached hydrogens (tertiary/aromatic N) is 2. The summed E-state index contributed by atoms with van der Waals surface area (Å²) >= 11 is 7.70. The van der Waals surface area contributed by atoms with Crippen LogP contribution in [0.15, 0.2) is 41.1 Å². The zero-order chi connectivity index (χ0) is 16.9. The van der Waals surface area contributed by atoms with Crippen molar-refractivity contribution in [3.63, 3.8) is 0 Å². The molecule has 2 aromatic rings. The fraction of sp³-hybridized carbons (Fsp3) is 0.389. The normalized spacial score (nSPS) is 17.6. The molecule has 0 aliphatic carbocycles. The molecule has 1 fully saturated rings. The van der Waals surface area contributed by atoms with Crippen molar-refractivity contribution >= 4 is 34.5 Å². The Morgan fingerprint density at radius 1 is 1.29 bits per heavy atom. The van der Waals surface area contributed by atoms with Gasteiger partial charge in [0, 0.05) is 43.4 Å². The molecule has 0 spiro atoms. The van der Waals surface area contributed by atoms with Crippen molar-refractivity contribution in [1.29, 1.82) is 0 Å². The van der Waals surface area contributed by atoms with Crippen LogP contribution in [0.5, 0.6) is 0 Å². The van der Waals surface area contributed by atoms with Crippen LogP contribution in [0.1, 0.15) is 12.5 Å². The number of carbonyl (C=O) groups excluding carboxylic acids is 1. The van der Waals surface area contributed by atoms with Gasteiger partial charge in [-0.15, -0.1) is 0 Å². The fourth-order valence-corrected chi connectivity index (χ4v) is 3.78. The molecule has 1 N–H and O–H groups in total. The molecular weight excluding hydrogens is 342 g/mol. The van der Waals surface area contributed by atoms with E-state index in [4.69, 9.17) is 11.6 Å². The minimum absolute atomic E-state index is 0.0172. The first-order valence-corrected chi connectivity index (χ1v) is 9.48. The van der Waals surface area contributed by atoms with E-state index in [1.165, 1.54) is 5.56 Å². The first kappa shape index (κ1) is 17.4. The van der Waals surface area contributed by atoms with Crippen molar-refractivity contribution < 1.29 is 4.79 Å². The van der Waals surface area contributed by atoms with E-state index in [2.05, 4.69) is 31.9 Å². The number of hydrogen-bond donors (Lipinski definition) is 1. The van der Waals surface area contributed by atoms with Gasteiger partial charge in [0.15, 0.2) is 0 Å². The Hall–Kier alpha value is -1.40. The number of anilines is 1. The third kappa shape index (κ3) is 4.57.